The van der Waals surface area contributed by atoms with Crippen LogP contribution < -0.4 is 5.32 Å². The van der Waals surface area contributed by atoms with Crippen molar-refractivity contribution < 1.29 is 9.47 Å². The molecule has 110 valence electrons. The van der Waals surface area contributed by atoms with Crippen LogP contribution in [-0.2, 0) is 9.47 Å². The zero-order valence-corrected chi connectivity index (χ0v) is 12.6. The minimum absolute atomic E-state index is 0.0640. The molecule has 2 rings (SSSR count). The second-order valence-electron chi connectivity index (χ2n) is 5.80. The summed E-state index contributed by atoms with van der Waals surface area (Å²) in [4.78, 5) is 0. The molecule has 0 amide bonds. The highest BCUT2D eigenvalue weighted by Gasteiger charge is 2.37. The highest BCUT2D eigenvalue weighted by Crippen LogP contribution is 2.26. The molecule has 1 heterocycles. The van der Waals surface area contributed by atoms with Crippen LogP contribution >= 0.6 is 0 Å². The smallest absolute Gasteiger partial charge is 0.163 e. The summed E-state index contributed by atoms with van der Waals surface area (Å²) in [5.74, 6) is -0.484. The summed E-state index contributed by atoms with van der Waals surface area (Å²) in [7, 11) is 0. The van der Waals surface area contributed by atoms with Gasteiger partial charge >= 0.3 is 0 Å². The summed E-state index contributed by atoms with van der Waals surface area (Å²) >= 11 is 0. The van der Waals surface area contributed by atoms with Crippen molar-refractivity contribution in [3.8, 4) is 0 Å². The number of nitrogens with one attached hydrogen (secondary N) is 1. The minimum Gasteiger partial charge on any atom is -0.348 e. The molecule has 0 bridgehead atoms. The monoisotopic (exact) mass is 275 g/mol. The molecule has 1 aliphatic rings. The van der Waals surface area contributed by atoms with Gasteiger partial charge in [-0.2, -0.15) is 0 Å². The zero-order valence-electron chi connectivity index (χ0n) is 12.6. The zero-order chi connectivity index (χ0) is 14.6. The molecule has 1 saturated heterocycles. The Labute approximate surface area is 122 Å². The van der Waals surface area contributed by atoms with E-state index in [-0.39, 0.29) is 18.2 Å². The van der Waals surface area contributed by atoms with Gasteiger partial charge in [0.2, 0.25) is 0 Å². The van der Waals surface area contributed by atoms with Gasteiger partial charge in [-0.1, -0.05) is 36.4 Å². The third-order valence-corrected chi connectivity index (χ3v) is 3.66. The Hall–Kier alpha value is -1.16. The Morgan fingerprint density at radius 1 is 1.40 bits per heavy atom. The van der Waals surface area contributed by atoms with Crippen LogP contribution in [0.15, 0.2) is 43.0 Å². The van der Waals surface area contributed by atoms with E-state index in [1.54, 1.807) is 0 Å². The molecule has 0 aliphatic carbocycles. The second kappa shape index (κ2) is 6.53. The molecule has 3 nitrogen and oxygen atoms in total. The fraction of sp³-hybridized carbons (Fsp3) is 0.529. The van der Waals surface area contributed by atoms with Crippen molar-refractivity contribution >= 4 is 0 Å². The molecule has 1 aromatic carbocycles. The Bertz CT molecular complexity index is 430. The molecule has 1 aliphatic heterocycles. The van der Waals surface area contributed by atoms with Gasteiger partial charge in [0, 0.05) is 12.1 Å². The van der Waals surface area contributed by atoms with E-state index >= 15 is 0 Å². The normalized spacial score (nSPS) is 24.2. The average Bonchev–Trinajstić information content (AvgIpc) is 2.79. The first-order valence-corrected chi connectivity index (χ1v) is 7.25. The maximum atomic E-state index is 5.97. The van der Waals surface area contributed by atoms with Gasteiger partial charge in [0.15, 0.2) is 5.79 Å². The Morgan fingerprint density at radius 2 is 2.10 bits per heavy atom. The molecule has 0 saturated carbocycles. The van der Waals surface area contributed by atoms with Crippen LogP contribution in [0.5, 0.6) is 0 Å². The molecule has 0 spiro atoms. The van der Waals surface area contributed by atoms with Crippen LogP contribution in [0.1, 0.15) is 38.8 Å². The second-order valence-corrected chi connectivity index (χ2v) is 5.80. The quantitative estimate of drug-likeness (QED) is 0.807. The number of rotatable bonds is 6. The van der Waals surface area contributed by atoms with Gasteiger partial charge in [-0.25, -0.2) is 0 Å². The molecule has 1 aromatic rings. The first-order valence-electron chi connectivity index (χ1n) is 7.25. The van der Waals surface area contributed by atoms with Crippen molar-refractivity contribution in [3.63, 3.8) is 0 Å². The first-order chi connectivity index (χ1) is 9.52. The Morgan fingerprint density at radius 3 is 2.65 bits per heavy atom. The van der Waals surface area contributed by atoms with Crippen LogP contribution in [-0.4, -0.2) is 24.5 Å². The molecular weight excluding hydrogens is 250 g/mol. The third kappa shape index (κ3) is 3.92. The topological polar surface area (TPSA) is 30.5 Å². The number of benzene rings is 1. The van der Waals surface area contributed by atoms with Crippen molar-refractivity contribution in [1.29, 1.82) is 0 Å². The average molecular weight is 275 g/mol. The molecule has 0 aromatic heterocycles. The maximum Gasteiger partial charge on any atom is 0.163 e. The molecule has 20 heavy (non-hydrogen) atoms. The molecule has 1 unspecified atom stereocenters. The van der Waals surface area contributed by atoms with Gasteiger partial charge in [-0.05, 0) is 32.8 Å². The van der Waals surface area contributed by atoms with E-state index in [0.29, 0.717) is 6.61 Å². The molecule has 3 atom stereocenters. The van der Waals surface area contributed by atoms with Gasteiger partial charge in [0.25, 0.3) is 0 Å². The van der Waals surface area contributed by atoms with E-state index < -0.39 is 5.79 Å². The molecule has 3 heteroatoms. The number of hydrogen-bond acceptors (Lipinski definition) is 3. The van der Waals surface area contributed by atoms with Crippen molar-refractivity contribution in [2.75, 3.05) is 6.61 Å². The van der Waals surface area contributed by atoms with Crippen LogP contribution in [0.25, 0.3) is 0 Å². The highest BCUT2D eigenvalue weighted by atomic mass is 16.7. The first kappa shape index (κ1) is 15.2. The van der Waals surface area contributed by atoms with Crippen LogP contribution in [0, 0.1) is 0 Å². The van der Waals surface area contributed by atoms with Crippen LogP contribution in [0.4, 0.5) is 0 Å². The van der Waals surface area contributed by atoms with E-state index in [2.05, 4.69) is 43.1 Å². The maximum absolute atomic E-state index is 5.97. The van der Waals surface area contributed by atoms with E-state index in [1.807, 2.05) is 26.0 Å². The largest absolute Gasteiger partial charge is 0.348 e. The summed E-state index contributed by atoms with van der Waals surface area (Å²) in [5.41, 5.74) is 1.28. The Kier molecular flexibility index (Phi) is 4.97. The lowest BCUT2D eigenvalue weighted by Crippen LogP contribution is -2.42. The lowest BCUT2D eigenvalue weighted by atomic mass is 10.0. The van der Waals surface area contributed by atoms with Gasteiger partial charge in [-0.3, -0.25) is 0 Å². The van der Waals surface area contributed by atoms with Crippen molar-refractivity contribution in [1.82, 2.24) is 5.32 Å². The van der Waals surface area contributed by atoms with E-state index in [4.69, 9.17) is 9.47 Å². The Balaban J connectivity index is 2.01. The van der Waals surface area contributed by atoms with E-state index in [1.165, 1.54) is 5.56 Å². The summed E-state index contributed by atoms with van der Waals surface area (Å²) in [6, 6.07) is 10.9. The van der Waals surface area contributed by atoms with Crippen molar-refractivity contribution in [2.24, 2.45) is 0 Å². The minimum atomic E-state index is -0.484. The van der Waals surface area contributed by atoms with E-state index in [0.717, 1.165) is 6.42 Å². The van der Waals surface area contributed by atoms with Gasteiger partial charge in [-0.15, -0.1) is 6.58 Å². The predicted molar refractivity (Wildman–Crippen MR) is 81.5 cm³/mol. The standard InChI is InChI=1S/C17H25NO2/c1-5-9-15(16-12-19-17(3,4)20-16)18-13(2)14-10-7-6-8-11-14/h5-8,10-11,13,15-16,18H,1,9,12H2,2-4H3/t13-,15?,16-/m1/s1. The molecular formula is C17H25NO2. The fourth-order valence-electron chi connectivity index (χ4n) is 2.58. The summed E-state index contributed by atoms with van der Waals surface area (Å²) in [6.45, 7) is 10.6. The highest BCUT2D eigenvalue weighted by molar-refractivity contribution is 5.18. The fourth-order valence-corrected chi connectivity index (χ4v) is 2.58. The summed E-state index contributed by atoms with van der Waals surface area (Å²) in [5, 5.41) is 3.64. The predicted octanol–water partition coefficient (Wildman–Crippen LogP) is 3.43. The lowest BCUT2D eigenvalue weighted by Gasteiger charge is -2.27. The SMILES string of the molecule is C=CCC(N[C@H](C)c1ccccc1)[C@H]1COC(C)(C)O1. The van der Waals surface area contributed by atoms with Crippen molar-refractivity contribution in [3.05, 3.63) is 48.6 Å². The van der Waals surface area contributed by atoms with Gasteiger partial charge < -0.3 is 14.8 Å². The molecule has 0 radical (unpaired) electrons. The summed E-state index contributed by atoms with van der Waals surface area (Å²) < 4.78 is 11.6. The van der Waals surface area contributed by atoms with Crippen molar-refractivity contribution in [2.45, 2.75) is 51.2 Å². The van der Waals surface area contributed by atoms with Crippen LogP contribution in [0.3, 0.4) is 0 Å². The number of hydrogen-bond donors (Lipinski definition) is 1. The lowest BCUT2D eigenvalue weighted by molar-refractivity contribution is -0.141. The van der Waals surface area contributed by atoms with E-state index in [9.17, 15) is 0 Å². The van der Waals surface area contributed by atoms with Gasteiger partial charge in [0.1, 0.15) is 0 Å². The third-order valence-electron chi connectivity index (χ3n) is 3.66. The molecule has 1 fully saturated rings. The summed E-state index contributed by atoms with van der Waals surface area (Å²) in [6.07, 6.45) is 2.86. The van der Waals surface area contributed by atoms with Gasteiger partial charge in [0.05, 0.1) is 12.7 Å². The number of ether oxygens (including phenoxy) is 2. The van der Waals surface area contributed by atoms with Crippen LogP contribution in [0.2, 0.25) is 0 Å². The molecule has 1 N–H and O–H groups in total.